The second-order valence-electron chi connectivity index (χ2n) is 7.50. The minimum Gasteiger partial charge on any atom is -0.481 e. The molecule has 0 radical (unpaired) electrons. The van der Waals surface area contributed by atoms with Gasteiger partial charge in [-0.1, -0.05) is 55.3 Å². The fourth-order valence-corrected chi connectivity index (χ4v) is 4.70. The fraction of sp³-hybridized carbons (Fsp3) is 0.571. The van der Waals surface area contributed by atoms with Gasteiger partial charge in [0.15, 0.2) is 17.1 Å². The number of para-hydroxylation sites is 1. The van der Waals surface area contributed by atoms with Gasteiger partial charge in [0.2, 0.25) is 5.91 Å². The number of amides is 1. The summed E-state index contributed by atoms with van der Waals surface area (Å²) in [6.07, 6.45) is 4.41. The van der Waals surface area contributed by atoms with Crippen LogP contribution in [0.25, 0.3) is 0 Å². The number of hydrogen-bond acceptors (Lipinski definition) is 5. The van der Waals surface area contributed by atoms with E-state index < -0.39 is 0 Å². The molecule has 1 aliphatic carbocycles. The summed E-state index contributed by atoms with van der Waals surface area (Å²) in [4.78, 5) is 12.4. The molecule has 1 saturated carbocycles. The Hall–Kier alpha value is -1.73. The zero-order valence-electron chi connectivity index (χ0n) is 17.2. The van der Waals surface area contributed by atoms with E-state index in [2.05, 4.69) is 22.4 Å². The number of benzene rings is 1. The predicted molar refractivity (Wildman–Crippen MR) is 116 cm³/mol. The second-order valence-corrected chi connectivity index (χ2v) is 8.85. The lowest BCUT2D eigenvalue weighted by molar-refractivity contribution is -0.119. The minimum atomic E-state index is -0.311. The molecule has 1 heterocycles. The normalized spacial score (nSPS) is 20.3. The van der Waals surface area contributed by atoms with Gasteiger partial charge in [0.1, 0.15) is 5.75 Å². The Morgan fingerprint density at radius 3 is 2.83 bits per heavy atom. The highest BCUT2D eigenvalue weighted by molar-refractivity contribution is 7.99. The van der Waals surface area contributed by atoms with Crippen LogP contribution in [0.4, 0.5) is 0 Å². The molecule has 6 nitrogen and oxygen atoms in total. The van der Waals surface area contributed by atoms with Gasteiger partial charge in [-0.2, -0.15) is 0 Å². The molecule has 29 heavy (non-hydrogen) atoms. The van der Waals surface area contributed by atoms with Crippen LogP contribution in [0.2, 0.25) is 5.02 Å². The lowest BCUT2D eigenvalue weighted by Crippen LogP contribution is -2.41. The molecule has 0 saturated heterocycles. The van der Waals surface area contributed by atoms with E-state index >= 15 is 0 Å². The highest BCUT2D eigenvalue weighted by Crippen LogP contribution is 2.29. The number of hydrogen-bond donors (Lipinski definition) is 1. The van der Waals surface area contributed by atoms with Gasteiger partial charge in [0.25, 0.3) is 0 Å². The van der Waals surface area contributed by atoms with Gasteiger partial charge in [-0.15, -0.1) is 10.2 Å². The smallest absolute Gasteiger partial charge is 0.230 e. The van der Waals surface area contributed by atoms with Gasteiger partial charge in [-0.3, -0.25) is 4.79 Å². The first-order valence-corrected chi connectivity index (χ1v) is 11.6. The first kappa shape index (κ1) is 22.0. The number of nitrogens with one attached hydrogen (secondary N) is 1. The number of carbonyl (C=O) groups excluding carboxylic acids is 1. The molecule has 1 amide bonds. The summed E-state index contributed by atoms with van der Waals surface area (Å²) < 4.78 is 7.97. The van der Waals surface area contributed by atoms with Crippen molar-refractivity contribution in [1.29, 1.82) is 0 Å². The van der Waals surface area contributed by atoms with Gasteiger partial charge < -0.3 is 14.6 Å². The number of rotatable bonds is 8. The van der Waals surface area contributed by atoms with E-state index in [-0.39, 0.29) is 12.0 Å². The van der Waals surface area contributed by atoms with Crippen molar-refractivity contribution in [1.82, 2.24) is 20.1 Å². The van der Waals surface area contributed by atoms with E-state index in [0.717, 1.165) is 17.4 Å². The standard InChI is InChI=1S/C21H29ClN4O2S/c1-4-26-20(15(3)28-18-12-8-6-10-16(18)22)24-25-21(26)29-13-19(27)23-17-11-7-5-9-14(17)2/h6,8,10,12,14-15,17H,4-5,7,9,11,13H2,1-3H3,(H,23,27)/t14-,15+,17+/m0/s1. The van der Waals surface area contributed by atoms with Crippen molar-refractivity contribution >= 4 is 29.3 Å². The summed E-state index contributed by atoms with van der Waals surface area (Å²) in [6, 6.07) is 7.66. The maximum atomic E-state index is 12.4. The predicted octanol–water partition coefficient (Wildman–Crippen LogP) is 4.88. The lowest BCUT2D eigenvalue weighted by Gasteiger charge is -2.29. The number of nitrogens with zero attached hydrogens (tertiary/aromatic N) is 3. The summed E-state index contributed by atoms with van der Waals surface area (Å²) >= 11 is 7.61. The van der Waals surface area contributed by atoms with Crippen LogP contribution in [0.1, 0.15) is 58.4 Å². The minimum absolute atomic E-state index is 0.0568. The van der Waals surface area contributed by atoms with Crippen molar-refractivity contribution in [3.05, 3.63) is 35.1 Å². The molecule has 3 rings (SSSR count). The monoisotopic (exact) mass is 436 g/mol. The van der Waals surface area contributed by atoms with Crippen LogP contribution in [0.15, 0.2) is 29.4 Å². The third-order valence-corrected chi connectivity index (χ3v) is 6.63. The largest absolute Gasteiger partial charge is 0.481 e. The molecule has 2 aromatic rings. The Kier molecular flexibility index (Phi) is 7.84. The first-order chi connectivity index (χ1) is 14.0. The zero-order valence-corrected chi connectivity index (χ0v) is 18.8. The van der Waals surface area contributed by atoms with Gasteiger partial charge >= 0.3 is 0 Å². The molecule has 1 aliphatic rings. The molecular formula is C21H29ClN4O2S. The van der Waals surface area contributed by atoms with Crippen LogP contribution in [-0.4, -0.2) is 32.5 Å². The topological polar surface area (TPSA) is 69.0 Å². The van der Waals surface area contributed by atoms with Crippen molar-refractivity contribution in [2.24, 2.45) is 5.92 Å². The van der Waals surface area contributed by atoms with Gasteiger partial charge in [0.05, 0.1) is 10.8 Å². The molecular weight excluding hydrogens is 408 g/mol. The second kappa shape index (κ2) is 10.3. The van der Waals surface area contributed by atoms with Gasteiger partial charge in [-0.05, 0) is 44.7 Å². The Bertz CT molecular complexity index is 829. The molecule has 8 heteroatoms. The molecule has 3 atom stereocenters. The molecule has 158 valence electrons. The van der Waals surface area contributed by atoms with E-state index in [1.165, 1.54) is 31.0 Å². The highest BCUT2D eigenvalue weighted by Gasteiger charge is 2.24. The van der Waals surface area contributed by atoms with Gasteiger partial charge in [-0.25, -0.2) is 0 Å². The number of ether oxygens (including phenoxy) is 1. The van der Waals surface area contributed by atoms with Crippen molar-refractivity contribution in [2.75, 3.05) is 5.75 Å². The number of thioether (sulfide) groups is 1. The highest BCUT2D eigenvalue weighted by atomic mass is 35.5. The van der Waals surface area contributed by atoms with Crippen LogP contribution in [0, 0.1) is 5.92 Å². The molecule has 1 N–H and O–H groups in total. The molecule has 1 aromatic carbocycles. The summed E-state index contributed by atoms with van der Waals surface area (Å²) in [5.41, 5.74) is 0. The molecule has 0 aliphatic heterocycles. The summed E-state index contributed by atoms with van der Waals surface area (Å²) in [7, 11) is 0. The van der Waals surface area contributed by atoms with Crippen molar-refractivity contribution < 1.29 is 9.53 Å². The van der Waals surface area contributed by atoms with E-state index in [1.807, 2.05) is 36.6 Å². The lowest BCUT2D eigenvalue weighted by atomic mass is 9.86. The Labute approximate surface area is 181 Å². The van der Waals surface area contributed by atoms with E-state index in [0.29, 0.717) is 35.0 Å². The first-order valence-electron chi connectivity index (χ1n) is 10.3. The molecule has 1 aromatic heterocycles. The zero-order chi connectivity index (χ0) is 20.8. The van der Waals surface area contributed by atoms with Crippen molar-refractivity contribution in [3.63, 3.8) is 0 Å². The Morgan fingerprint density at radius 1 is 1.34 bits per heavy atom. The van der Waals surface area contributed by atoms with E-state index in [9.17, 15) is 4.79 Å². The number of aromatic nitrogens is 3. The van der Waals surface area contributed by atoms with Gasteiger partial charge in [0, 0.05) is 12.6 Å². The third-order valence-electron chi connectivity index (χ3n) is 5.36. The average Bonchev–Trinajstić information content (AvgIpc) is 3.13. The quantitative estimate of drug-likeness (QED) is 0.597. The van der Waals surface area contributed by atoms with E-state index in [1.54, 1.807) is 6.07 Å². The summed E-state index contributed by atoms with van der Waals surface area (Å²) in [5, 5.41) is 13.1. The molecule has 1 fully saturated rings. The maximum absolute atomic E-state index is 12.4. The summed E-state index contributed by atoms with van der Waals surface area (Å²) in [6.45, 7) is 6.87. The van der Waals surface area contributed by atoms with E-state index in [4.69, 9.17) is 16.3 Å². The van der Waals surface area contributed by atoms with Crippen LogP contribution < -0.4 is 10.1 Å². The van der Waals surface area contributed by atoms with Crippen LogP contribution >= 0.6 is 23.4 Å². The van der Waals surface area contributed by atoms with Crippen LogP contribution in [0.3, 0.4) is 0 Å². The summed E-state index contributed by atoms with van der Waals surface area (Å²) in [5.74, 6) is 2.27. The number of halogens is 1. The Balaban J connectivity index is 1.60. The average molecular weight is 437 g/mol. The van der Waals surface area contributed by atoms with Crippen molar-refractivity contribution in [2.45, 2.75) is 70.3 Å². The molecule has 0 unspecified atom stereocenters. The number of carbonyl (C=O) groups is 1. The SMILES string of the molecule is CCn1c(SCC(=O)N[C@@H]2CCCC[C@@H]2C)nnc1[C@@H](C)Oc1ccccc1Cl. The molecule has 0 spiro atoms. The molecule has 0 bridgehead atoms. The van der Waals surface area contributed by atoms with Crippen LogP contribution in [-0.2, 0) is 11.3 Å². The van der Waals surface area contributed by atoms with Crippen LogP contribution in [0.5, 0.6) is 5.75 Å². The maximum Gasteiger partial charge on any atom is 0.230 e. The third kappa shape index (κ3) is 5.66. The van der Waals surface area contributed by atoms with Crippen molar-refractivity contribution in [3.8, 4) is 5.75 Å². The fourth-order valence-electron chi connectivity index (χ4n) is 3.70. The Morgan fingerprint density at radius 2 is 2.10 bits per heavy atom.